The van der Waals surface area contributed by atoms with Gasteiger partial charge in [-0.25, -0.2) is 8.42 Å². The number of sulfonamides is 1. The van der Waals surface area contributed by atoms with Crippen LogP contribution in [0.15, 0.2) is 29.2 Å². The van der Waals surface area contributed by atoms with Gasteiger partial charge in [-0.15, -0.1) is 0 Å². The van der Waals surface area contributed by atoms with E-state index in [9.17, 15) is 13.2 Å². The van der Waals surface area contributed by atoms with Crippen LogP contribution in [0.3, 0.4) is 0 Å². The van der Waals surface area contributed by atoms with E-state index in [0.29, 0.717) is 38.5 Å². The van der Waals surface area contributed by atoms with Crippen LogP contribution in [0, 0.1) is 0 Å². The molecule has 0 N–H and O–H groups in total. The van der Waals surface area contributed by atoms with Crippen molar-refractivity contribution in [1.29, 1.82) is 0 Å². The minimum Gasteiger partial charge on any atom is -0.497 e. The average molecular weight is 354 g/mol. The summed E-state index contributed by atoms with van der Waals surface area (Å²) in [4.78, 5) is 14.3. The molecule has 2 aliphatic rings. The summed E-state index contributed by atoms with van der Waals surface area (Å²) in [5, 5.41) is 0. The summed E-state index contributed by atoms with van der Waals surface area (Å²) in [5.41, 5.74) is 0. The zero-order valence-corrected chi connectivity index (χ0v) is 14.5. The Kier molecular flexibility index (Phi) is 5.07. The van der Waals surface area contributed by atoms with E-state index in [1.165, 1.54) is 23.5 Å². The molecule has 1 amide bonds. The molecule has 0 radical (unpaired) electrons. The van der Waals surface area contributed by atoms with Gasteiger partial charge in [0.2, 0.25) is 10.0 Å². The molecule has 0 unspecified atom stereocenters. The molecule has 132 valence electrons. The first-order chi connectivity index (χ1) is 11.5. The maximum absolute atomic E-state index is 12.7. The largest absolute Gasteiger partial charge is 0.497 e. The highest BCUT2D eigenvalue weighted by atomic mass is 32.2. The molecule has 1 atom stereocenters. The Labute approximate surface area is 142 Å². The Morgan fingerprint density at radius 3 is 2.38 bits per heavy atom. The Balaban J connectivity index is 1.63. The third-order valence-electron chi connectivity index (χ3n) is 4.45. The molecule has 2 aliphatic heterocycles. The predicted molar refractivity (Wildman–Crippen MR) is 87.3 cm³/mol. The molecular weight excluding hydrogens is 332 g/mol. The molecular formula is C16H22N2O5S. The Bertz CT molecular complexity index is 675. The fraction of sp³-hybridized carbons (Fsp3) is 0.562. The Morgan fingerprint density at radius 2 is 1.83 bits per heavy atom. The first-order valence-electron chi connectivity index (χ1n) is 8.07. The molecule has 7 nitrogen and oxygen atoms in total. The summed E-state index contributed by atoms with van der Waals surface area (Å²) in [5.74, 6) is 0.593. The van der Waals surface area contributed by atoms with Crippen molar-refractivity contribution in [1.82, 2.24) is 9.21 Å². The van der Waals surface area contributed by atoms with Crippen molar-refractivity contribution in [2.75, 3.05) is 39.9 Å². The zero-order valence-electron chi connectivity index (χ0n) is 13.7. The van der Waals surface area contributed by atoms with Crippen molar-refractivity contribution in [2.45, 2.75) is 23.8 Å². The van der Waals surface area contributed by atoms with E-state index in [1.807, 2.05) is 0 Å². The molecule has 0 spiro atoms. The van der Waals surface area contributed by atoms with E-state index in [4.69, 9.17) is 9.47 Å². The summed E-state index contributed by atoms with van der Waals surface area (Å²) in [6.45, 7) is 2.02. The van der Waals surface area contributed by atoms with Gasteiger partial charge in [0.1, 0.15) is 11.9 Å². The van der Waals surface area contributed by atoms with E-state index in [0.717, 1.165) is 12.8 Å². The Hall–Kier alpha value is -1.64. The number of carbonyl (C=O) groups excluding carboxylic acids is 1. The number of amides is 1. The lowest BCUT2D eigenvalue weighted by atomic mass is 10.2. The number of hydrogen-bond acceptors (Lipinski definition) is 5. The second kappa shape index (κ2) is 7.08. The number of hydrogen-bond donors (Lipinski definition) is 0. The van der Waals surface area contributed by atoms with Gasteiger partial charge in [-0.05, 0) is 37.1 Å². The summed E-state index contributed by atoms with van der Waals surface area (Å²) in [7, 11) is -2.01. The first kappa shape index (κ1) is 17.2. The van der Waals surface area contributed by atoms with Gasteiger partial charge >= 0.3 is 0 Å². The summed E-state index contributed by atoms with van der Waals surface area (Å²) < 4.78 is 37.2. The molecule has 0 aliphatic carbocycles. The van der Waals surface area contributed by atoms with Crippen LogP contribution in [0.4, 0.5) is 0 Å². The molecule has 2 heterocycles. The smallest absolute Gasteiger partial charge is 0.251 e. The van der Waals surface area contributed by atoms with Crippen LogP contribution in [0.5, 0.6) is 5.75 Å². The van der Waals surface area contributed by atoms with Crippen LogP contribution < -0.4 is 4.74 Å². The fourth-order valence-electron chi connectivity index (χ4n) is 3.02. The second-order valence-corrected chi connectivity index (χ2v) is 7.84. The number of benzene rings is 1. The van der Waals surface area contributed by atoms with E-state index in [1.54, 1.807) is 17.0 Å². The molecule has 0 bridgehead atoms. The standard InChI is InChI=1S/C16H22N2O5S/c1-22-13-4-6-14(7-5-13)24(20,21)18-10-8-17(9-11-18)16(19)15-3-2-12-23-15/h4-7,15H,2-3,8-12H2,1H3/t15-/m0/s1. The van der Waals surface area contributed by atoms with Crippen LogP contribution >= 0.6 is 0 Å². The van der Waals surface area contributed by atoms with Crippen molar-refractivity contribution in [2.24, 2.45) is 0 Å². The monoisotopic (exact) mass is 354 g/mol. The van der Waals surface area contributed by atoms with Crippen molar-refractivity contribution in [3.63, 3.8) is 0 Å². The highest BCUT2D eigenvalue weighted by Crippen LogP contribution is 2.22. The van der Waals surface area contributed by atoms with Gasteiger partial charge in [0, 0.05) is 32.8 Å². The lowest BCUT2D eigenvalue weighted by Gasteiger charge is -2.35. The molecule has 1 aromatic carbocycles. The molecule has 3 rings (SSSR count). The van der Waals surface area contributed by atoms with E-state index >= 15 is 0 Å². The highest BCUT2D eigenvalue weighted by molar-refractivity contribution is 7.89. The lowest BCUT2D eigenvalue weighted by molar-refractivity contribution is -0.142. The van der Waals surface area contributed by atoms with E-state index in [-0.39, 0.29) is 16.9 Å². The second-order valence-electron chi connectivity index (χ2n) is 5.91. The van der Waals surface area contributed by atoms with Gasteiger partial charge < -0.3 is 14.4 Å². The topological polar surface area (TPSA) is 76.2 Å². The molecule has 0 aromatic heterocycles. The molecule has 1 aromatic rings. The van der Waals surface area contributed by atoms with Crippen LogP contribution in [0.25, 0.3) is 0 Å². The van der Waals surface area contributed by atoms with Gasteiger partial charge in [0.25, 0.3) is 5.91 Å². The number of piperazine rings is 1. The average Bonchev–Trinajstić information content (AvgIpc) is 3.16. The van der Waals surface area contributed by atoms with E-state index in [2.05, 4.69) is 0 Å². The van der Waals surface area contributed by atoms with Crippen LogP contribution in [-0.4, -0.2) is 69.5 Å². The quantitative estimate of drug-likeness (QED) is 0.796. The fourth-order valence-corrected chi connectivity index (χ4v) is 4.44. The van der Waals surface area contributed by atoms with Gasteiger partial charge in [0.05, 0.1) is 12.0 Å². The third kappa shape index (κ3) is 3.40. The number of ether oxygens (including phenoxy) is 2. The van der Waals surface area contributed by atoms with Crippen LogP contribution in [0.2, 0.25) is 0 Å². The highest BCUT2D eigenvalue weighted by Gasteiger charge is 2.33. The number of rotatable bonds is 4. The predicted octanol–water partition coefficient (Wildman–Crippen LogP) is 0.707. The van der Waals surface area contributed by atoms with Gasteiger partial charge in [-0.2, -0.15) is 4.31 Å². The maximum atomic E-state index is 12.7. The number of nitrogens with zero attached hydrogens (tertiary/aromatic N) is 2. The normalized spacial score (nSPS) is 22.5. The van der Waals surface area contributed by atoms with Crippen LogP contribution in [-0.2, 0) is 19.6 Å². The summed E-state index contributed by atoms with van der Waals surface area (Å²) in [6, 6.07) is 6.34. The zero-order chi connectivity index (χ0) is 17.2. The van der Waals surface area contributed by atoms with Crippen molar-refractivity contribution in [3.05, 3.63) is 24.3 Å². The van der Waals surface area contributed by atoms with Crippen molar-refractivity contribution < 1.29 is 22.7 Å². The van der Waals surface area contributed by atoms with Crippen molar-refractivity contribution >= 4 is 15.9 Å². The lowest BCUT2D eigenvalue weighted by Crippen LogP contribution is -2.52. The molecule has 2 fully saturated rings. The summed E-state index contributed by atoms with van der Waals surface area (Å²) >= 11 is 0. The van der Waals surface area contributed by atoms with Crippen molar-refractivity contribution in [3.8, 4) is 5.75 Å². The molecule has 24 heavy (non-hydrogen) atoms. The minimum absolute atomic E-state index is 0.0194. The SMILES string of the molecule is COc1ccc(S(=O)(=O)N2CCN(C(=O)[C@@H]3CCCO3)CC2)cc1. The summed E-state index contributed by atoms with van der Waals surface area (Å²) in [6.07, 6.45) is 1.31. The van der Waals surface area contributed by atoms with Gasteiger partial charge in [-0.3, -0.25) is 4.79 Å². The van der Waals surface area contributed by atoms with E-state index < -0.39 is 10.0 Å². The molecule has 8 heteroatoms. The number of methoxy groups -OCH3 is 1. The minimum atomic E-state index is -3.55. The molecule has 2 saturated heterocycles. The molecule has 0 saturated carbocycles. The van der Waals surface area contributed by atoms with Gasteiger partial charge in [-0.1, -0.05) is 0 Å². The Morgan fingerprint density at radius 1 is 1.17 bits per heavy atom. The number of carbonyl (C=O) groups is 1. The van der Waals surface area contributed by atoms with Crippen LogP contribution in [0.1, 0.15) is 12.8 Å². The third-order valence-corrected chi connectivity index (χ3v) is 6.37. The van der Waals surface area contributed by atoms with Gasteiger partial charge in [0.15, 0.2) is 0 Å². The maximum Gasteiger partial charge on any atom is 0.251 e. The first-order valence-corrected chi connectivity index (χ1v) is 9.51.